The summed E-state index contributed by atoms with van der Waals surface area (Å²) < 4.78 is 0. The van der Waals surface area contributed by atoms with Crippen molar-refractivity contribution in [3.63, 3.8) is 0 Å². The first-order valence-electron chi connectivity index (χ1n) is 5.85. The van der Waals surface area contributed by atoms with E-state index in [9.17, 15) is 9.59 Å². The molecule has 0 bridgehead atoms. The van der Waals surface area contributed by atoms with Crippen molar-refractivity contribution in [3.05, 3.63) is 35.4 Å². The normalized spacial score (nSPS) is 20.6. The Hall–Kier alpha value is -1.68. The zero-order chi connectivity index (χ0) is 12.0. The summed E-state index contributed by atoms with van der Waals surface area (Å²) in [7, 11) is 0. The number of nitrogens with two attached hydrogens (primary N) is 1. The average molecular weight is 230 g/mol. The van der Waals surface area contributed by atoms with Crippen LogP contribution in [0.15, 0.2) is 24.3 Å². The Balaban J connectivity index is 1.80. The first kappa shape index (κ1) is 10.5. The van der Waals surface area contributed by atoms with Crippen molar-refractivity contribution in [2.24, 2.45) is 5.73 Å². The van der Waals surface area contributed by atoms with E-state index in [1.165, 1.54) is 4.90 Å². The Morgan fingerprint density at radius 2 is 1.65 bits per heavy atom. The van der Waals surface area contributed by atoms with Crippen molar-refractivity contribution in [3.8, 4) is 0 Å². The molecule has 1 fully saturated rings. The number of amides is 2. The SMILES string of the molecule is NC1(CCN2C(=O)c3ccccc3C2=O)CC1. The molecule has 1 aliphatic carbocycles. The van der Waals surface area contributed by atoms with Gasteiger partial charge in [-0.2, -0.15) is 0 Å². The molecule has 0 aromatic heterocycles. The quantitative estimate of drug-likeness (QED) is 0.793. The van der Waals surface area contributed by atoms with Crippen molar-refractivity contribution in [1.29, 1.82) is 0 Å². The predicted octanol–water partition coefficient (Wildman–Crippen LogP) is 1.16. The molecule has 2 N–H and O–H groups in total. The summed E-state index contributed by atoms with van der Waals surface area (Å²) in [5, 5.41) is 0. The summed E-state index contributed by atoms with van der Waals surface area (Å²) in [4.78, 5) is 25.3. The van der Waals surface area contributed by atoms with Crippen molar-refractivity contribution in [1.82, 2.24) is 4.90 Å². The van der Waals surface area contributed by atoms with Crippen LogP contribution in [0, 0.1) is 0 Å². The van der Waals surface area contributed by atoms with Gasteiger partial charge in [0, 0.05) is 12.1 Å². The van der Waals surface area contributed by atoms with Gasteiger partial charge in [0.2, 0.25) is 0 Å². The highest BCUT2D eigenvalue weighted by Crippen LogP contribution is 2.36. The molecule has 0 atom stereocenters. The molecule has 3 rings (SSSR count). The molecule has 2 amide bonds. The second-order valence-corrected chi connectivity index (χ2v) is 4.92. The zero-order valence-corrected chi connectivity index (χ0v) is 9.48. The van der Waals surface area contributed by atoms with Gasteiger partial charge in [-0.3, -0.25) is 14.5 Å². The van der Waals surface area contributed by atoms with Crippen LogP contribution >= 0.6 is 0 Å². The molecule has 1 aromatic carbocycles. The van der Waals surface area contributed by atoms with E-state index in [4.69, 9.17) is 5.73 Å². The van der Waals surface area contributed by atoms with Crippen LogP contribution in [0.3, 0.4) is 0 Å². The highest BCUT2D eigenvalue weighted by Gasteiger charge is 2.41. The van der Waals surface area contributed by atoms with Crippen LogP contribution in [0.4, 0.5) is 0 Å². The summed E-state index contributed by atoms with van der Waals surface area (Å²) in [5.41, 5.74) is 6.87. The second-order valence-electron chi connectivity index (χ2n) is 4.92. The molecule has 0 saturated heterocycles. The second kappa shape index (κ2) is 3.40. The Morgan fingerprint density at radius 1 is 1.12 bits per heavy atom. The van der Waals surface area contributed by atoms with Crippen LogP contribution in [0.25, 0.3) is 0 Å². The summed E-state index contributed by atoms with van der Waals surface area (Å²) in [6, 6.07) is 6.95. The molecule has 1 heterocycles. The summed E-state index contributed by atoms with van der Waals surface area (Å²) >= 11 is 0. The molecule has 88 valence electrons. The number of fused-ring (bicyclic) bond motifs is 1. The van der Waals surface area contributed by atoms with Crippen molar-refractivity contribution in [2.45, 2.75) is 24.8 Å². The highest BCUT2D eigenvalue weighted by molar-refractivity contribution is 6.21. The maximum absolute atomic E-state index is 12.0. The van der Waals surface area contributed by atoms with E-state index in [2.05, 4.69) is 0 Å². The van der Waals surface area contributed by atoms with Crippen LogP contribution in [-0.4, -0.2) is 28.8 Å². The lowest BCUT2D eigenvalue weighted by atomic mass is 10.1. The lowest BCUT2D eigenvalue weighted by molar-refractivity contribution is 0.0649. The summed E-state index contributed by atoms with van der Waals surface area (Å²) in [6.45, 7) is 0.433. The van der Waals surface area contributed by atoms with Gasteiger partial charge >= 0.3 is 0 Å². The van der Waals surface area contributed by atoms with Gasteiger partial charge in [-0.15, -0.1) is 0 Å². The van der Waals surface area contributed by atoms with Crippen molar-refractivity contribution < 1.29 is 9.59 Å². The Bertz CT molecular complexity index is 471. The average Bonchev–Trinajstić information content (AvgIpc) is 3.01. The zero-order valence-electron chi connectivity index (χ0n) is 9.48. The molecule has 0 radical (unpaired) electrons. The van der Waals surface area contributed by atoms with Crippen molar-refractivity contribution >= 4 is 11.8 Å². The number of rotatable bonds is 3. The minimum atomic E-state index is -0.185. The Labute approximate surface area is 99.4 Å². The molecule has 4 heteroatoms. The van der Waals surface area contributed by atoms with E-state index in [1.807, 2.05) is 0 Å². The van der Waals surface area contributed by atoms with Gasteiger partial charge in [-0.1, -0.05) is 12.1 Å². The van der Waals surface area contributed by atoms with Gasteiger partial charge in [-0.25, -0.2) is 0 Å². The third kappa shape index (κ3) is 1.65. The van der Waals surface area contributed by atoms with Gasteiger partial charge in [0.1, 0.15) is 0 Å². The van der Waals surface area contributed by atoms with E-state index in [-0.39, 0.29) is 17.4 Å². The number of nitrogens with zero attached hydrogens (tertiary/aromatic N) is 1. The molecule has 4 nitrogen and oxygen atoms in total. The van der Waals surface area contributed by atoms with Crippen molar-refractivity contribution in [2.75, 3.05) is 6.54 Å². The lowest BCUT2D eigenvalue weighted by Gasteiger charge is -2.16. The Morgan fingerprint density at radius 3 is 2.12 bits per heavy atom. The largest absolute Gasteiger partial charge is 0.325 e. The van der Waals surface area contributed by atoms with E-state index >= 15 is 0 Å². The summed E-state index contributed by atoms with van der Waals surface area (Å²) in [5.74, 6) is -0.371. The third-order valence-electron chi connectivity index (χ3n) is 3.60. The maximum atomic E-state index is 12.0. The minimum Gasteiger partial charge on any atom is -0.325 e. The molecule has 2 aliphatic rings. The first-order valence-corrected chi connectivity index (χ1v) is 5.85. The van der Waals surface area contributed by atoms with Crippen LogP contribution in [0.2, 0.25) is 0 Å². The highest BCUT2D eigenvalue weighted by atomic mass is 16.2. The van der Waals surface area contributed by atoms with Gasteiger partial charge in [0.15, 0.2) is 0 Å². The smallest absolute Gasteiger partial charge is 0.261 e. The molecule has 1 aromatic rings. The van der Waals surface area contributed by atoms with E-state index in [1.54, 1.807) is 24.3 Å². The number of imide groups is 1. The molecular weight excluding hydrogens is 216 g/mol. The van der Waals surface area contributed by atoms with Crippen LogP contribution in [0.5, 0.6) is 0 Å². The topological polar surface area (TPSA) is 63.4 Å². The van der Waals surface area contributed by atoms with Gasteiger partial charge < -0.3 is 5.73 Å². The fraction of sp³-hybridized carbons (Fsp3) is 0.385. The third-order valence-corrected chi connectivity index (χ3v) is 3.60. The first-order chi connectivity index (χ1) is 8.11. The van der Waals surface area contributed by atoms with Crippen LogP contribution in [0.1, 0.15) is 40.0 Å². The lowest BCUT2D eigenvalue weighted by Crippen LogP contribution is -2.35. The van der Waals surface area contributed by atoms with E-state index in [0.29, 0.717) is 24.1 Å². The fourth-order valence-electron chi connectivity index (χ4n) is 2.19. The van der Waals surface area contributed by atoms with Gasteiger partial charge in [0.05, 0.1) is 11.1 Å². The monoisotopic (exact) mass is 230 g/mol. The predicted molar refractivity (Wildman–Crippen MR) is 62.6 cm³/mol. The maximum Gasteiger partial charge on any atom is 0.261 e. The van der Waals surface area contributed by atoms with E-state index in [0.717, 1.165) is 12.8 Å². The Kier molecular flexibility index (Phi) is 2.10. The molecular formula is C13H14N2O2. The molecule has 1 aliphatic heterocycles. The molecule has 0 spiro atoms. The van der Waals surface area contributed by atoms with Crippen LogP contribution < -0.4 is 5.73 Å². The van der Waals surface area contributed by atoms with E-state index < -0.39 is 0 Å². The van der Waals surface area contributed by atoms with Gasteiger partial charge in [0.25, 0.3) is 11.8 Å². The number of carbonyl (C=O) groups excluding carboxylic acids is 2. The number of hydrogen-bond donors (Lipinski definition) is 1. The standard InChI is InChI=1S/C13H14N2O2/c14-13(5-6-13)7-8-15-11(16)9-3-1-2-4-10(9)12(15)17/h1-4H,5-8,14H2. The fourth-order valence-corrected chi connectivity index (χ4v) is 2.19. The molecule has 17 heavy (non-hydrogen) atoms. The molecule has 0 unspecified atom stereocenters. The van der Waals surface area contributed by atoms with Gasteiger partial charge in [-0.05, 0) is 31.4 Å². The molecule has 1 saturated carbocycles. The minimum absolute atomic E-state index is 0.130. The van der Waals surface area contributed by atoms with Crippen LogP contribution in [-0.2, 0) is 0 Å². The summed E-state index contributed by atoms with van der Waals surface area (Å²) in [6.07, 6.45) is 2.70. The number of hydrogen-bond acceptors (Lipinski definition) is 3. The number of carbonyl (C=O) groups is 2. The number of benzene rings is 1.